The molecule has 5 rings (SSSR count). The van der Waals surface area contributed by atoms with Crippen LogP contribution in [-0.4, -0.2) is 46.7 Å². The molecule has 4 nitrogen and oxygen atoms in total. The molecule has 1 amide bonds. The van der Waals surface area contributed by atoms with Gasteiger partial charge in [0.05, 0.1) is 18.7 Å². The van der Waals surface area contributed by atoms with E-state index in [0.29, 0.717) is 18.9 Å². The van der Waals surface area contributed by atoms with Crippen molar-refractivity contribution in [2.45, 2.75) is 51.0 Å². The number of hydrogen-bond donors (Lipinski definition) is 0. The number of carbonyl (C=O) groups excluding carboxylic acids is 1. The predicted octanol–water partition coefficient (Wildman–Crippen LogP) is 3.91. The van der Waals surface area contributed by atoms with E-state index >= 15 is 0 Å². The molecule has 3 fully saturated rings. The van der Waals surface area contributed by atoms with Gasteiger partial charge in [-0.25, -0.2) is 0 Å². The van der Waals surface area contributed by atoms with Crippen LogP contribution < -0.4 is 0 Å². The summed E-state index contributed by atoms with van der Waals surface area (Å²) in [5.41, 5.74) is 3.44. The first kappa shape index (κ1) is 17.9. The van der Waals surface area contributed by atoms with Crippen molar-refractivity contribution in [3.8, 4) is 11.1 Å². The van der Waals surface area contributed by atoms with Crippen molar-refractivity contribution in [2.75, 3.05) is 13.2 Å². The fraction of sp³-hybridized carbons (Fsp3) is 0.458. The summed E-state index contributed by atoms with van der Waals surface area (Å²) >= 11 is 0. The summed E-state index contributed by atoms with van der Waals surface area (Å²) < 4.78 is 6.38. The highest BCUT2D eigenvalue weighted by Gasteiger charge is 2.64. The first-order valence-electron chi connectivity index (χ1n) is 10.4. The second-order valence-electron chi connectivity index (χ2n) is 8.69. The van der Waals surface area contributed by atoms with Crippen LogP contribution in [0.2, 0.25) is 0 Å². The van der Waals surface area contributed by atoms with E-state index < -0.39 is 5.72 Å². The standard InChI is InChI=1S/C24H28N2O2/c1-17(2)21-16-28-24-12-13-25(22(24)14-23(27)26(21)24)15-19-10-6-7-11-20(19)18-8-4-3-5-9-18/h3-11,17,21-22H,12-16H2,1-2H3/t21-,22+,24-/m0/s1. The zero-order chi connectivity index (χ0) is 19.3. The Labute approximate surface area is 167 Å². The third kappa shape index (κ3) is 2.62. The average Bonchev–Trinajstić information content (AvgIpc) is 3.33. The summed E-state index contributed by atoms with van der Waals surface area (Å²) in [7, 11) is 0. The summed E-state index contributed by atoms with van der Waals surface area (Å²) in [5.74, 6) is 0.692. The number of hydrogen-bond acceptors (Lipinski definition) is 3. The number of ether oxygens (including phenoxy) is 1. The van der Waals surface area contributed by atoms with Gasteiger partial charge in [-0.1, -0.05) is 68.4 Å². The normalized spacial score (nSPS) is 29.5. The summed E-state index contributed by atoms with van der Waals surface area (Å²) in [4.78, 5) is 17.5. The van der Waals surface area contributed by atoms with E-state index in [2.05, 4.69) is 78.2 Å². The van der Waals surface area contributed by atoms with E-state index in [9.17, 15) is 4.79 Å². The van der Waals surface area contributed by atoms with E-state index in [0.717, 1.165) is 19.5 Å². The van der Waals surface area contributed by atoms with Crippen LogP contribution in [-0.2, 0) is 16.1 Å². The van der Waals surface area contributed by atoms with Gasteiger partial charge in [-0.05, 0) is 22.6 Å². The van der Waals surface area contributed by atoms with Crippen molar-refractivity contribution in [3.05, 3.63) is 60.2 Å². The third-order valence-electron chi connectivity index (χ3n) is 6.84. The molecule has 3 saturated heterocycles. The summed E-state index contributed by atoms with van der Waals surface area (Å²) in [6, 6.07) is 19.6. The van der Waals surface area contributed by atoms with Gasteiger partial charge in [0.2, 0.25) is 5.91 Å². The lowest BCUT2D eigenvalue weighted by Gasteiger charge is -2.34. The minimum Gasteiger partial charge on any atom is -0.352 e. The number of benzene rings is 2. The number of nitrogens with zero attached hydrogens (tertiary/aromatic N) is 2. The third-order valence-corrected chi connectivity index (χ3v) is 6.84. The largest absolute Gasteiger partial charge is 0.352 e. The molecule has 28 heavy (non-hydrogen) atoms. The van der Waals surface area contributed by atoms with Crippen LogP contribution in [0.4, 0.5) is 0 Å². The fourth-order valence-electron chi connectivity index (χ4n) is 5.42. The Kier molecular flexibility index (Phi) is 4.29. The molecule has 0 N–H and O–H groups in total. The van der Waals surface area contributed by atoms with E-state index in [1.165, 1.54) is 16.7 Å². The minimum atomic E-state index is -0.395. The highest BCUT2D eigenvalue weighted by atomic mass is 16.5. The smallest absolute Gasteiger partial charge is 0.226 e. The van der Waals surface area contributed by atoms with E-state index in [-0.39, 0.29) is 18.0 Å². The maximum Gasteiger partial charge on any atom is 0.226 e. The van der Waals surface area contributed by atoms with Gasteiger partial charge in [0.15, 0.2) is 5.72 Å². The molecule has 4 heteroatoms. The summed E-state index contributed by atoms with van der Waals surface area (Å²) in [6.45, 7) is 6.89. The topological polar surface area (TPSA) is 32.8 Å². The number of amides is 1. The van der Waals surface area contributed by atoms with Crippen molar-refractivity contribution in [3.63, 3.8) is 0 Å². The van der Waals surface area contributed by atoms with E-state index in [1.54, 1.807) is 0 Å². The average molecular weight is 377 g/mol. The predicted molar refractivity (Wildman–Crippen MR) is 109 cm³/mol. The molecule has 0 bridgehead atoms. The van der Waals surface area contributed by atoms with E-state index in [4.69, 9.17) is 4.74 Å². The Balaban J connectivity index is 1.43. The van der Waals surface area contributed by atoms with Crippen molar-refractivity contribution < 1.29 is 9.53 Å². The number of rotatable bonds is 4. The Bertz CT molecular complexity index is 881. The van der Waals surface area contributed by atoms with Crippen LogP contribution in [0.1, 0.15) is 32.3 Å². The van der Waals surface area contributed by atoms with Crippen molar-refractivity contribution in [1.29, 1.82) is 0 Å². The summed E-state index contributed by atoms with van der Waals surface area (Å²) in [5, 5.41) is 0. The quantitative estimate of drug-likeness (QED) is 0.811. The second kappa shape index (κ2) is 6.71. The van der Waals surface area contributed by atoms with Crippen molar-refractivity contribution in [2.24, 2.45) is 5.92 Å². The van der Waals surface area contributed by atoms with Gasteiger partial charge < -0.3 is 9.64 Å². The Morgan fingerprint density at radius 1 is 1.11 bits per heavy atom. The maximum atomic E-state index is 12.9. The van der Waals surface area contributed by atoms with Gasteiger partial charge in [-0.3, -0.25) is 9.69 Å². The van der Waals surface area contributed by atoms with E-state index in [1.807, 2.05) is 0 Å². The molecule has 3 heterocycles. The van der Waals surface area contributed by atoms with Crippen LogP contribution >= 0.6 is 0 Å². The molecule has 0 aromatic heterocycles. The van der Waals surface area contributed by atoms with Gasteiger partial charge in [-0.15, -0.1) is 0 Å². The SMILES string of the molecule is CC(C)[C@@H]1CO[C@@]23CCN(Cc4ccccc4-c4ccccc4)[C@@H]2CC(=O)N13. The molecule has 3 aliphatic heterocycles. The molecule has 1 spiro atoms. The molecule has 0 radical (unpaired) electrons. The zero-order valence-corrected chi connectivity index (χ0v) is 16.7. The molecule has 2 aromatic rings. The second-order valence-corrected chi connectivity index (χ2v) is 8.69. The van der Waals surface area contributed by atoms with Crippen molar-refractivity contribution >= 4 is 5.91 Å². The number of likely N-dealkylation sites (tertiary alicyclic amines) is 1. The Morgan fingerprint density at radius 3 is 2.64 bits per heavy atom. The molecule has 0 aliphatic carbocycles. The minimum absolute atomic E-state index is 0.160. The molecule has 2 aromatic carbocycles. The molecule has 0 unspecified atom stereocenters. The first-order chi connectivity index (χ1) is 13.6. The van der Waals surface area contributed by atoms with Gasteiger partial charge in [-0.2, -0.15) is 0 Å². The molecular weight excluding hydrogens is 348 g/mol. The van der Waals surface area contributed by atoms with Crippen LogP contribution in [0, 0.1) is 5.92 Å². The molecule has 146 valence electrons. The molecule has 3 atom stereocenters. The van der Waals surface area contributed by atoms with Crippen LogP contribution in [0.3, 0.4) is 0 Å². The van der Waals surface area contributed by atoms with Crippen LogP contribution in [0.5, 0.6) is 0 Å². The maximum absolute atomic E-state index is 12.9. The van der Waals surface area contributed by atoms with Gasteiger partial charge in [0.1, 0.15) is 0 Å². The van der Waals surface area contributed by atoms with Crippen LogP contribution in [0.25, 0.3) is 11.1 Å². The molecule has 0 saturated carbocycles. The summed E-state index contributed by atoms with van der Waals surface area (Å²) in [6.07, 6.45) is 1.50. The first-order valence-corrected chi connectivity index (χ1v) is 10.4. The Hall–Kier alpha value is -2.17. The van der Waals surface area contributed by atoms with Gasteiger partial charge in [0, 0.05) is 25.9 Å². The van der Waals surface area contributed by atoms with Crippen LogP contribution in [0.15, 0.2) is 54.6 Å². The fourth-order valence-corrected chi connectivity index (χ4v) is 5.42. The van der Waals surface area contributed by atoms with Gasteiger partial charge in [0.25, 0.3) is 0 Å². The van der Waals surface area contributed by atoms with Gasteiger partial charge >= 0.3 is 0 Å². The molecular formula is C24H28N2O2. The lowest BCUT2D eigenvalue weighted by molar-refractivity contribution is -0.139. The molecule has 3 aliphatic rings. The zero-order valence-electron chi connectivity index (χ0n) is 16.7. The highest BCUT2D eigenvalue weighted by molar-refractivity contribution is 5.82. The van der Waals surface area contributed by atoms with Crippen molar-refractivity contribution in [1.82, 2.24) is 9.80 Å². The lowest BCUT2D eigenvalue weighted by Crippen LogP contribution is -2.50. The number of carbonyl (C=O) groups is 1. The monoisotopic (exact) mass is 376 g/mol. The Morgan fingerprint density at radius 2 is 1.86 bits per heavy atom. The lowest BCUT2D eigenvalue weighted by atomic mass is 9.99. The highest BCUT2D eigenvalue weighted by Crippen LogP contribution is 2.49.